The monoisotopic (exact) mass is 194 g/mol. The number of carboxylic acids is 1. The summed E-state index contributed by atoms with van der Waals surface area (Å²) in [4.78, 5) is 18.1. The van der Waals surface area contributed by atoms with E-state index in [-0.39, 0.29) is 17.5 Å². The number of aromatic nitrogens is 4. The molecule has 0 aliphatic carbocycles. The van der Waals surface area contributed by atoms with Crippen molar-refractivity contribution in [1.29, 1.82) is 0 Å². The number of oxazole rings is 1. The largest absolute Gasteiger partial charge is 0.475 e. The fourth-order valence-electron chi connectivity index (χ4n) is 0.995. The molecule has 14 heavy (non-hydrogen) atoms. The van der Waals surface area contributed by atoms with Crippen LogP contribution >= 0.6 is 0 Å². The molecule has 0 atom stereocenters. The Morgan fingerprint density at radius 3 is 2.93 bits per heavy atom. The van der Waals surface area contributed by atoms with Crippen LogP contribution in [-0.2, 0) is 7.05 Å². The summed E-state index contributed by atoms with van der Waals surface area (Å²) < 4.78 is 6.27. The predicted molar refractivity (Wildman–Crippen MR) is 43.5 cm³/mol. The van der Waals surface area contributed by atoms with E-state index in [1.54, 1.807) is 7.05 Å². The number of hydrogen-bond donors (Lipinski definition) is 1. The molecular weight excluding hydrogens is 188 g/mol. The van der Waals surface area contributed by atoms with Crippen LogP contribution in [0.5, 0.6) is 0 Å². The van der Waals surface area contributed by atoms with E-state index in [0.29, 0.717) is 0 Å². The SMILES string of the molecule is Cn1nc(C(=O)O)nc1-c1ncco1. The van der Waals surface area contributed by atoms with E-state index in [9.17, 15) is 4.79 Å². The molecule has 0 unspecified atom stereocenters. The quantitative estimate of drug-likeness (QED) is 0.732. The Hall–Kier alpha value is -2.18. The van der Waals surface area contributed by atoms with E-state index in [2.05, 4.69) is 15.1 Å². The molecule has 0 bridgehead atoms. The molecule has 0 saturated carbocycles. The van der Waals surface area contributed by atoms with Gasteiger partial charge in [-0.05, 0) is 0 Å². The van der Waals surface area contributed by atoms with Crippen molar-refractivity contribution in [3.63, 3.8) is 0 Å². The van der Waals surface area contributed by atoms with Crippen LogP contribution in [0.25, 0.3) is 11.7 Å². The smallest absolute Gasteiger partial charge is 0.375 e. The standard InChI is InChI=1S/C7H6N4O3/c1-11-5(6-8-2-3-14-6)9-4(10-11)7(12)13/h2-3H,1H3,(H,12,13). The van der Waals surface area contributed by atoms with E-state index in [1.807, 2.05) is 0 Å². The third kappa shape index (κ3) is 1.24. The fourth-order valence-corrected chi connectivity index (χ4v) is 0.995. The molecule has 0 aromatic carbocycles. The predicted octanol–water partition coefficient (Wildman–Crippen LogP) is 0.168. The zero-order valence-corrected chi connectivity index (χ0v) is 7.21. The van der Waals surface area contributed by atoms with Gasteiger partial charge in [-0.25, -0.2) is 14.5 Å². The second-order valence-electron chi connectivity index (χ2n) is 2.53. The van der Waals surface area contributed by atoms with E-state index < -0.39 is 5.97 Å². The molecule has 7 nitrogen and oxygen atoms in total. The van der Waals surface area contributed by atoms with Gasteiger partial charge < -0.3 is 9.52 Å². The lowest BCUT2D eigenvalue weighted by Gasteiger charge is -1.90. The van der Waals surface area contributed by atoms with Crippen molar-refractivity contribution < 1.29 is 14.3 Å². The molecular formula is C7H6N4O3. The third-order valence-corrected chi connectivity index (χ3v) is 1.58. The Morgan fingerprint density at radius 1 is 1.64 bits per heavy atom. The van der Waals surface area contributed by atoms with Gasteiger partial charge in [-0.1, -0.05) is 0 Å². The van der Waals surface area contributed by atoms with Gasteiger partial charge in [-0.2, -0.15) is 4.98 Å². The molecule has 2 aromatic heterocycles. The number of carbonyl (C=O) groups is 1. The lowest BCUT2D eigenvalue weighted by molar-refractivity contribution is 0.0683. The first-order valence-corrected chi connectivity index (χ1v) is 3.72. The van der Waals surface area contributed by atoms with E-state index >= 15 is 0 Å². The van der Waals surface area contributed by atoms with E-state index in [4.69, 9.17) is 9.52 Å². The lowest BCUT2D eigenvalue weighted by atomic mass is 10.6. The van der Waals surface area contributed by atoms with Crippen molar-refractivity contribution in [1.82, 2.24) is 19.7 Å². The first-order valence-electron chi connectivity index (χ1n) is 3.72. The summed E-state index contributed by atoms with van der Waals surface area (Å²) in [7, 11) is 1.57. The molecule has 2 aromatic rings. The van der Waals surface area contributed by atoms with Gasteiger partial charge in [0.15, 0.2) is 0 Å². The van der Waals surface area contributed by atoms with Gasteiger partial charge in [0, 0.05) is 7.05 Å². The molecule has 0 aliphatic rings. The molecule has 2 heterocycles. The Labute approximate surface area is 78.0 Å². The Balaban J connectivity index is 2.50. The second kappa shape index (κ2) is 2.95. The molecule has 0 aliphatic heterocycles. The minimum atomic E-state index is -1.18. The van der Waals surface area contributed by atoms with Gasteiger partial charge in [0.25, 0.3) is 11.7 Å². The maximum Gasteiger partial charge on any atom is 0.375 e. The first-order chi connectivity index (χ1) is 6.68. The van der Waals surface area contributed by atoms with Crippen LogP contribution in [-0.4, -0.2) is 30.8 Å². The van der Waals surface area contributed by atoms with Crippen molar-refractivity contribution >= 4 is 5.97 Å². The summed E-state index contributed by atoms with van der Waals surface area (Å²) in [5.74, 6) is -0.931. The molecule has 2 rings (SSSR count). The van der Waals surface area contributed by atoms with Crippen molar-refractivity contribution in [2.45, 2.75) is 0 Å². The fraction of sp³-hybridized carbons (Fsp3) is 0.143. The molecule has 1 N–H and O–H groups in total. The van der Waals surface area contributed by atoms with Gasteiger partial charge in [0.2, 0.25) is 5.82 Å². The van der Waals surface area contributed by atoms with Crippen LogP contribution < -0.4 is 0 Å². The zero-order valence-electron chi connectivity index (χ0n) is 7.21. The molecule has 0 spiro atoms. The summed E-state index contributed by atoms with van der Waals surface area (Å²) >= 11 is 0. The lowest BCUT2D eigenvalue weighted by Crippen LogP contribution is -2.00. The minimum absolute atomic E-state index is 0.243. The Kier molecular flexibility index (Phi) is 1.77. The van der Waals surface area contributed by atoms with Crippen molar-refractivity contribution in [2.75, 3.05) is 0 Å². The number of aryl methyl sites for hydroxylation is 1. The topological polar surface area (TPSA) is 94.0 Å². The van der Waals surface area contributed by atoms with E-state index in [0.717, 1.165) is 0 Å². The first kappa shape index (κ1) is 8.42. The summed E-state index contributed by atoms with van der Waals surface area (Å²) in [5.41, 5.74) is 0. The normalized spacial score (nSPS) is 10.4. The molecule has 0 amide bonds. The van der Waals surface area contributed by atoms with Gasteiger partial charge in [-0.3, -0.25) is 0 Å². The van der Waals surface area contributed by atoms with Crippen LogP contribution in [0.3, 0.4) is 0 Å². The maximum atomic E-state index is 10.5. The number of rotatable bonds is 2. The second-order valence-corrected chi connectivity index (χ2v) is 2.53. The Morgan fingerprint density at radius 2 is 2.43 bits per heavy atom. The number of carboxylic acid groups (broad SMARTS) is 1. The van der Waals surface area contributed by atoms with Crippen LogP contribution in [0.1, 0.15) is 10.6 Å². The highest BCUT2D eigenvalue weighted by molar-refractivity contribution is 5.83. The van der Waals surface area contributed by atoms with Crippen LogP contribution in [0, 0.1) is 0 Å². The summed E-state index contributed by atoms with van der Waals surface area (Å²) in [6.45, 7) is 0. The van der Waals surface area contributed by atoms with Crippen molar-refractivity contribution in [2.24, 2.45) is 7.05 Å². The van der Waals surface area contributed by atoms with Crippen LogP contribution in [0.4, 0.5) is 0 Å². The average molecular weight is 194 g/mol. The molecule has 0 radical (unpaired) electrons. The van der Waals surface area contributed by atoms with Gasteiger partial charge in [0.1, 0.15) is 6.26 Å². The van der Waals surface area contributed by atoms with Gasteiger partial charge >= 0.3 is 5.97 Å². The molecule has 0 saturated heterocycles. The Bertz CT molecular complexity index is 459. The minimum Gasteiger partial charge on any atom is -0.475 e. The zero-order chi connectivity index (χ0) is 10.1. The molecule has 0 fully saturated rings. The summed E-state index contributed by atoms with van der Waals surface area (Å²) in [6.07, 6.45) is 2.83. The highest BCUT2D eigenvalue weighted by Crippen LogP contribution is 2.13. The highest BCUT2D eigenvalue weighted by Gasteiger charge is 2.16. The number of nitrogens with zero attached hydrogens (tertiary/aromatic N) is 4. The van der Waals surface area contributed by atoms with Crippen LogP contribution in [0.2, 0.25) is 0 Å². The maximum absolute atomic E-state index is 10.5. The number of hydrogen-bond acceptors (Lipinski definition) is 5. The van der Waals surface area contributed by atoms with Crippen molar-refractivity contribution in [3.8, 4) is 11.7 Å². The molecule has 72 valence electrons. The highest BCUT2D eigenvalue weighted by atomic mass is 16.4. The van der Waals surface area contributed by atoms with E-state index in [1.165, 1.54) is 17.1 Å². The molecule has 7 heteroatoms. The average Bonchev–Trinajstić information content (AvgIpc) is 2.71. The van der Waals surface area contributed by atoms with Gasteiger partial charge in [-0.15, -0.1) is 5.10 Å². The summed E-state index contributed by atoms with van der Waals surface area (Å²) in [5, 5.41) is 12.3. The van der Waals surface area contributed by atoms with Crippen LogP contribution in [0.15, 0.2) is 16.9 Å². The summed E-state index contributed by atoms with van der Waals surface area (Å²) in [6, 6.07) is 0. The van der Waals surface area contributed by atoms with Gasteiger partial charge in [0.05, 0.1) is 6.20 Å². The third-order valence-electron chi connectivity index (χ3n) is 1.58. The number of aromatic carboxylic acids is 1. The van der Waals surface area contributed by atoms with Crippen molar-refractivity contribution in [3.05, 3.63) is 18.3 Å².